The number of hydrogen-bond donors (Lipinski definition) is 1. The standard InChI is InChI=1S/C4H8NO4P/c1-8-10(6,7)9-4-2-3-5/h2,4H2,1H3,(H,6,7). The Morgan fingerprint density at radius 1 is 1.80 bits per heavy atom. The van der Waals surface area contributed by atoms with Gasteiger partial charge in [-0.2, -0.15) is 5.26 Å². The summed E-state index contributed by atoms with van der Waals surface area (Å²) in [6, 6.07) is 1.75. The van der Waals surface area contributed by atoms with Crippen LogP contribution in [0, 0.1) is 11.3 Å². The Bertz CT molecular complexity index is 175. The molecule has 58 valence electrons. The largest absolute Gasteiger partial charge is 0.471 e. The van der Waals surface area contributed by atoms with Crippen molar-refractivity contribution in [1.29, 1.82) is 5.26 Å². The second-order valence-electron chi connectivity index (χ2n) is 1.39. The van der Waals surface area contributed by atoms with Crippen LogP contribution in [0.4, 0.5) is 0 Å². The van der Waals surface area contributed by atoms with E-state index < -0.39 is 7.82 Å². The van der Waals surface area contributed by atoms with Crippen LogP contribution in [0.2, 0.25) is 0 Å². The van der Waals surface area contributed by atoms with Gasteiger partial charge in [-0.15, -0.1) is 0 Å². The van der Waals surface area contributed by atoms with Crippen molar-refractivity contribution in [3.05, 3.63) is 0 Å². The van der Waals surface area contributed by atoms with E-state index >= 15 is 0 Å². The molecule has 0 saturated heterocycles. The van der Waals surface area contributed by atoms with Crippen molar-refractivity contribution in [3.63, 3.8) is 0 Å². The molecule has 0 heterocycles. The molecule has 0 aromatic heterocycles. The summed E-state index contributed by atoms with van der Waals surface area (Å²) in [6.07, 6.45) is 0.0773. The van der Waals surface area contributed by atoms with Gasteiger partial charge in [-0.3, -0.25) is 9.05 Å². The molecule has 0 fully saturated rings. The highest BCUT2D eigenvalue weighted by Gasteiger charge is 2.16. The molecule has 0 amide bonds. The van der Waals surface area contributed by atoms with E-state index in [-0.39, 0.29) is 13.0 Å². The van der Waals surface area contributed by atoms with Crippen LogP contribution in [-0.2, 0) is 13.6 Å². The maximum atomic E-state index is 10.5. The van der Waals surface area contributed by atoms with Gasteiger partial charge in [0.25, 0.3) is 0 Å². The summed E-state index contributed by atoms with van der Waals surface area (Å²) in [5.74, 6) is 0. The summed E-state index contributed by atoms with van der Waals surface area (Å²) < 4.78 is 18.8. The van der Waals surface area contributed by atoms with E-state index in [1.165, 1.54) is 0 Å². The van der Waals surface area contributed by atoms with Crippen molar-refractivity contribution >= 4 is 7.82 Å². The molecule has 0 spiro atoms. The number of nitriles is 1. The molecule has 6 heteroatoms. The predicted octanol–water partition coefficient (Wildman–Crippen LogP) is 0.663. The number of rotatable bonds is 4. The van der Waals surface area contributed by atoms with Crippen molar-refractivity contribution < 1.29 is 18.5 Å². The van der Waals surface area contributed by atoms with Crippen molar-refractivity contribution in [2.75, 3.05) is 13.7 Å². The van der Waals surface area contributed by atoms with Crippen LogP contribution >= 0.6 is 7.82 Å². The van der Waals surface area contributed by atoms with Crippen LogP contribution < -0.4 is 0 Å². The van der Waals surface area contributed by atoms with Gasteiger partial charge >= 0.3 is 7.82 Å². The molecule has 5 nitrogen and oxygen atoms in total. The number of nitrogens with zero attached hydrogens (tertiary/aromatic N) is 1. The van der Waals surface area contributed by atoms with E-state index in [9.17, 15) is 4.57 Å². The van der Waals surface area contributed by atoms with E-state index in [2.05, 4.69) is 9.05 Å². The second kappa shape index (κ2) is 4.42. The Hall–Kier alpha value is -0.400. The van der Waals surface area contributed by atoms with Crippen LogP contribution in [0.15, 0.2) is 0 Å². The van der Waals surface area contributed by atoms with Crippen LogP contribution in [0.25, 0.3) is 0 Å². The lowest BCUT2D eigenvalue weighted by molar-refractivity contribution is 0.176. The molecule has 0 rings (SSSR count). The molecule has 1 N–H and O–H groups in total. The SMILES string of the molecule is COP(=O)(O)OCCC#N. The summed E-state index contributed by atoms with van der Waals surface area (Å²) >= 11 is 0. The highest BCUT2D eigenvalue weighted by molar-refractivity contribution is 7.47. The van der Waals surface area contributed by atoms with Gasteiger partial charge in [-0.05, 0) is 0 Å². The molecule has 0 aliphatic carbocycles. The molecule has 1 atom stereocenters. The van der Waals surface area contributed by atoms with E-state index in [4.69, 9.17) is 10.2 Å². The average molecular weight is 165 g/mol. The molecule has 0 aromatic rings. The van der Waals surface area contributed by atoms with Crippen LogP contribution in [0.5, 0.6) is 0 Å². The van der Waals surface area contributed by atoms with Crippen molar-refractivity contribution in [2.45, 2.75) is 6.42 Å². The Morgan fingerprint density at radius 3 is 2.80 bits per heavy atom. The van der Waals surface area contributed by atoms with E-state index in [1.54, 1.807) is 6.07 Å². The minimum Gasteiger partial charge on any atom is -0.303 e. The van der Waals surface area contributed by atoms with Crippen molar-refractivity contribution in [1.82, 2.24) is 0 Å². The van der Waals surface area contributed by atoms with Gasteiger partial charge in [-0.25, -0.2) is 4.57 Å². The smallest absolute Gasteiger partial charge is 0.303 e. The molecule has 10 heavy (non-hydrogen) atoms. The Morgan fingerprint density at radius 2 is 2.40 bits per heavy atom. The van der Waals surface area contributed by atoms with E-state index in [0.717, 1.165) is 7.11 Å². The summed E-state index contributed by atoms with van der Waals surface area (Å²) in [5, 5.41) is 7.99. The third kappa shape index (κ3) is 4.48. The minimum absolute atomic E-state index is 0.0773. The fourth-order valence-corrected chi connectivity index (χ4v) is 0.687. The lowest BCUT2D eigenvalue weighted by Crippen LogP contribution is -1.92. The minimum atomic E-state index is -3.85. The maximum absolute atomic E-state index is 10.5. The summed E-state index contributed by atoms with van der Waals surface area (Å²) in [7, 11) is -2.79. The summed E-state index contributed by atoms with van der Waals surface area (Å²) in [6.45, 7) is -0.0852. The predicted molar refractivity (Wildman–Crippen MR) is 33.0 cm³/mol. The molecule has 0 aliphatic rings. The normalized spacial score (nSPS) is 15.7. The number of phosphoric acid groups is 1. The molecule has 0 aliphatic heterocycles. The quantitative estimate of drug-likeness (QED) is 0.489. The molecular formula is C4H8NO4P. The van der Waals surface area contributed by atoms with E-state index in [0.29, 0.717) is 0 Å². The van der Waals surface area contributed by atoms with Crippen LogP contribution in [0.3, 0.4) is 0 Å². The highest BCUT2D eigenvalue weighted by Crippen LogP contribution is 2.41. The first-order valence-corrected chi connectivity index (χ1v) is 4.02. The molecule has 0 radical (unpaired) electrons. The lowest BCUT2D eigenvalue weighted by atomic mass is 10.5. The lowest BCUT2D eigenvalue weighted by Gasteiger charge is -2.05. The summed E-state index contributed by atoms with van der Waals surface area (Å²) in [4.78, 5) is 8.55. The topological polar surface area (TPSA) is 79.6 Å². The average Bonchev–Trinajstić information content (AvgIpc) is 1.89. The van der Waals surface area contributed by atoms with Crippen molar-refractivity contribution in [3.8, 4) is 6.07 Å². The van der Waals surface area contributed by atoms with Gasteiger partial charge in [0.1, 0.15) is 0 Å². The number of hydrogen-bond acceptors (Lipinski definition) is 4. The third-order valence-electron chi connectivity index (χ3n) is 0.699. The van der Waals surface area contributed by atoms with Gasteiger partial charge in [-0.1, -0.05) is 0 Å². The highest BCUT2D eigenvalue weighted by atomic mass is 31.2. The van der Waals surface area contributed by atoms with Crippen LogP contribution in [-0.4, -0.2) is 18.6 Å². The molecule has 0 bridgehead atoms. The molecule has 0 saturated carbocycles. The first-order valence-electron chi connectivity index (χ1n) is 2.52. The fraction of sp³-hybridized carbons (Fsp3) is 0.750. The van der Waals surface area contributed by atoms with Gasteiger partial charge in [0.05, 0.1) is 19.1 Å². The van der Waals surface area contributed by atoms with Crippen LogP contribution in [0.1, 0.15) is 6.42 Å². The first-order chi connectivity index (χ1) is 4.62. The Labute approximate surface area is 58.8 Å². The van der Waals surface area contributed by atoms with E-state index in [1.807, 2.05) is 0 Å². The second-order valence-corrected chi connectivity index (χ2v) is 2.95. The Balaban J connectivity index is 3.50. The third-order valence-corrected chi connectivity index (χ3v) is 1.67. The fourth-order valence-electron chi connectivity index (χ4n) is 0.259. The van der Waals surface area contributed by atoms with Crippen molar-refractivity contribution in [2.24, 2.45) is 0 Å². The number of phosphoric ester groups is 1. The molecule has 1 unspecified atom stereocenters. The monoisotopic (exact) mass is 165 g/mol. The zero-order valence-electron chi connectivity index (χ0n) is 5.48. The Kier molecular flexibility index (Phi) is 4.24. The molecule has 0 aromatic carbocycles. The van der Waals surface area contributed by atoms with Gasteiger partial charge in [0.15, 0.2) is 0 Å². The summed E-state index contributed by atoms with van der Waals surface area (Å²) in [5.41, 5.74) is 0. The molecular weight excluding hydrogens is 157 g/mol. The van der Waals surface area contributed by atoms with Gasteiger partial charge < -0.3 is 4.89 Å². The van der Waals surface area contributed by atoms with Gasteiger partial charge in [0, 0.05) is 7.11 Å². The van der Waals surface area contributed by atoms with Gasteiger partial charge in [0.2, 0.25) is 0 Å². The zero-order valence-corrected chi connectivity index (χ0v) is 6.38. The first kappa shape index (κ1) is 9.60. The zero-order chi connectivity index (χ0) is 8.04. The maximum Gasteiger partial charge on any atom is 0.471 e.